The summed E-state index contributed by atoms with van der Waals surface area (Å²) in [5.74, 6) is 0.377. The van der Waals surface area contributed by atoms with Gasteiger partial charge in [0.05, 0.1) is 6.04 Å². The average Bonchev–Trinajstić information content (AvgIpc) is 2.98. The van der Waals surface area contributed by atoms with Gasteiger partial charge in [0.25, 0.3) is 5.91 Å². The molecule has 1 heterocycles. The van der Waals surface area contributed by atoms with Gasteiger partial charge < -0.3 is 15.2 Å². The van der Waals surface area contributed by atoms with E-state index in [1.165, 1.54) is 5.56 Å². The van der Waals surface area contributed by atoms with Crippen LogP contribution in [0.4, 0.5) is 0 Å². The molecule has 4 aromatic rings. The molecule has 0 spiro atoms. The summed E-state index contributed by atoms with van der Waals surface area (Å²) in [4.78, 5) is 34.6. The standard InChI is InChI=1S/C33H35N3O2S.CH4O/c1-22(2)39-30-16-12-26(13-17-30)32(38)36-29(21-37)18-23-6-8-25(9-7-23)31-34-19-27(20-35-31)24-10-14-28(15-11-24)33(3,4)5;1-2/h6-17,19-22,29H,18H2,1-5H3,(H,36,38);2H,1H3. The number of benzene rings is 3. The van der Waals surface area contributed by atoms with Crippen molar-refractivity contribution in [3.63, 3.8) is 0 Å². The zero-order chi connectivity index (χ0) is 30.0. The Morgan fingerprint density at radius 1 is 0.854 bits per heavy atom. The molecule has 6 nitrogen and oxygen atoms in total. The predicted molar refractivity (Wildman–Crippen MR) is 168 cm³/mol. The second kappa shape index (κ2) is 14.7. The van der Waals surface area contributed by atoms with E-state index in [2.05, 4.69) is 74.2 Å². The van der Waals surface area contributed by atoms with E-state index in [9.17, 15) is 9.59 Å². The molecule has 1 amide bonds. The number of nitrogens with one attached hydrogen (secondary N) is 1. The van der Waals surface area contributed by atoms with Gasteiger partial charge in [-0.3, -0.25) is 4.79 Å². The number of thioether (sulfide) groups is 1. The molecule has 0 aliphatic carbocycles. The maximum Gasteiger partial charge on any atom is 0.251 e. The molecule has 0 radical (unpaired) electrons. The molecule has 41 heavy (non-hydrogen) atoms. The molecule has 1 atom stereocenters. The van der Waals surface area contributed by atoms with Crippen LogP contribution in [0.5, 0.6) is 0 Å². The number of nitrogens with zero attached hydrogens (tertiary/aromatic N) is 2. The normalized spacial score (nSPS) is 11.8. The summed E-state index contributed by atoms with van der Waals surface area (Å²) in [5, 5.41) is 10.3. The molecule has 3 aromatic carbocycles. The van der Waals surface area contributed by atoms with Crippen LogP contribution in [0.2, 0.25) is 0 Å². The van der Waals surface area contributed by atoms with Crippen molar-refractivity contribution in [2.45, 2.75) is 62.6 Å². The summed E-state index contributed by atoms with van der Waals surface area (Å²) in [6, 6.07) is 23.1. The maximum atomic E-state index is 12.7. The highest BCUT2D eigenvalue weighted by atomic mass is 32.2. The van der Waals surface area contributed by atoms with Crippen LogP contribution < -0.4 is 5.32 Å². The lowest BCUT2D eigenvalue weighted by Gasteiger charge is -2.19. The highest BCUT2D eigenvalue weighted by Gasteiger charge is 2.15. The fraction of sp³-hybridized carbons (Fsp3) is 0.294. The number of aliphatic hydroxyl groups is 1. The van der Waals surface area contributed by atoms with Gasteiger partial charge in [-0.1, -0.05) is 83.1 Å². The van der Waals surface area contributed by atoms with Crippen molar-refractivity contribution in [1.29, 1.82) is 0 Å². The monoisotopic (exact) mass is 569 g/mol. The van der Waals surface area contributed by atoms with Crippen LogP contribution >= 0.6 is 11.8 Å². The second-order valence-electron chi connectivity index (χ2n) is 10.9. The van der Waals surface area contributed by atoms with E-state index in [0.717, 1.165) is 40.5 Å². The van der Waals surface area contributed by atoms with Crippen LogP contribution in [-0.2, 0) is 16.6 Å². The van der Waals surface area contributed by atoms with Gasteiger partial charge in [-0.2, -0.15) is 0 Å². The van der Waals surface area contributed by atoms with Crippen molar-refractivity contribution in [3.05, 3.63) is 102 Å². The zero-order valence-corrected chi connectivity index (χ0v) is 25.4. The number of aromatic nitrogens is 2. The summed E-state index contributed by atoms with van der Waals surface area (Å²) in [6.45, 7) is 10.9. The van der Waals surface area contributed by atoms with E-state index in [1.54, 1.807) is 23.9 Å². The number of amides is 1. The molecule has 0 aliphatic heterocycles. The van der Waals surface area contributed by atoms with Gasteiger partial charge >= 0.3 is 0 Å². The molecule has 0 aliphatic rings. The van der Waals surface area contributed by atoms with Crippen molar-refractivity contribution in [2.75, 3.05) is 7.11 Å². The SMILES string of the molecule is CC(C)Sc1ccc(C(=O)NC(C=O)Cc2ccc(-c3ncc(-c4ccc(C(C)(C)C)cc4)cn3)cc2)cc1.CO. The summed E-state index contributed by atoms with van der Waals surface area (Å²) >= 11 is 1.74. The Labute approximate surface area is 247 Å². The number of hydrogen-bond donors (Lipinski definition) is 2. The van der Waals surface area contributed by atoms with Crippen molar-refractivity contribution in [3.8, 4) is 22.5 Å². The van der Waals surface area contributed by atoms with Crippen molar-refractivity contribution >= 4 is 24.0 Å². The van der Waals surface area contributed by atoms with Crippen molar-refractivity contribution in [1.82, 2.24) is 15.3 Å². The minimum atomic E-state index is -0.617. The molecule has 7 heteroatoms. The summed E-state index contributed by atoms with van der Waals surface area (Å²) in [5.41, 5.74) is 5.81. The summed E-state index contributed by atoms with van der Waals surface area (Å²) < 4.78 is 0. The van der Waals surface area contributed by atoms with Gasteiger partial charge in [-0.15, -0.1) is 11.8 Å². The highest BCUT2D eigenvalue weighted by Crippen LogP contribution is 2.26. The zero-order valence-electron chi connectivity index (χ0n) is 24.6. The smallest absolute Gasteiger partial charge is 0.251 e. The van der Waals surface area contributed by atoms with Gasteiger partial charge in [-0.05, 0) is 52.8 Å². The lowest BCUT2D eigenvalue weighted by molar-refractivity contribution is -0.109. The van der Waals surface area contributed by atoms with Gasteiger partial charge in [0.2, 0.25) is 0 Å². The minimum Gasteiger partial charge on any atom is -0.400 e. The average molecular weight is 570 g/mol. The fourth-order valence-electron chi connectivity index (χ4n) is 4.17. The van der Waals surface area contributed by atoms with Gasteiger partial charge in [0, 0.05) is 46.3 Å². The van der Waals surface area contributed by atoms with E-state index >= 15 is 0 Å². The number of carbonyl (C=O) groups is 2. The van der Waals surface area contributed by atoms with Crippen LogP contribution in [0, 0.1) is 0 Å². The number of rotatable bonds is 9. The number of carbonyl (C=O) groups excluding carboxylic acids is 2. The molecule has 2 N–H and O–H groups in total. The topological polar surface area (TPSA) is 92.2 Å². The van der Waals surface area contributed by atoms with Crippen LogP contribution in [0.25, 0.3) is 22.5 Å². The molecule has 1 unspecified atom stereocenters. The second-order valence-corrected chi connectivity index (χ2v) is 12.6. The molecule has 0 bridgehead atoms. The minimum absolute atomic E-state index is 0.112. The Morgan fingerprint density at radius 2 is 1.41 bits per heavy atom. The van der Waals surface area contributed by atoms with Crippen LogP contribution in [-0.4, -0.2) is 45.7 Å². The summed E-state index contributed by atoms with van der Waals surface area (Å²) in [6.07, 6.45) is 4.87. The van der Waals surface area contributed by atoms with Crippen molar-refractivity contribution in [2.24, 2.45) is 0 Å². The van der Waals surface area contributed by atoms with E-state index in [-0.39, 0.29) is 11.3 Å². The quantitative estimate of drug-likeness (QED) is 0.171. The Balaban J connectivity index is 0.00000226. The Kier molecular flexibility index (Phi) is 11.4. The molecule has 214 valence electrons. The first kappa shape index (κ1) is 31.7. The molecular weight excluding hydrogens is 530 g/mol. The van der Waals surface area contributed by atoms with Crippen molar-refractivity contribution < 1.29 is 14.7 Å². The first-order chi connectivity index (χ1) is 19.6. The van der Waals surface area contributed by atoms with E-state index in [1.807, 2.05) is 48.8 Å². The van der Waals surface area contributed by atoms with Gasteiger partial charge in [-0.25, -0.2) is 9.97 Å². The summed E-state index contributed by atoms with van der Waals surface area (Å²) in [7, 11) is 1.00. The third-order valence-corrected chi connectivity index (χ3v) is 7.39. The Bertz CT molecular complexity index is 1390. The molecule has 4 rings (SSSR count). The number of hydrogen-bond acceptors (Lipinski definition) is 6. The maximum absolute atomic E-state index is 12.7. The molecular formula is C34H39N3O3S. The van der Waals surface area contributed by atoms with Crippen LogP contribution in [0.15, 0.2) is 90.1 Å². The van der Waals surface area contributed by atoms with Gasteiger partial charge in [0.1, 0.15) is 6.29 Å². The Hall–Kier alpha value is -3.81. The fourth-order valence-corrected chi connectivity index (χ4v) is 5.01. The molecule has 0 saturated heterocycles. The molecule has 1 aromatic heterocycles. The van der Waals surface area contributed by atoms with E-state index in [4.69, 9.17) is 5.11 Å². The molecule has 0 saturated carbocycles. The first-order valence-corrected chi connectivity index (χ1v) is 14.5. The van der Waals surface area contributed by atoms with Gasteiger partial charge in [0.15, 0.2) is 5.82 Å². The Morgan fingerprint density at radius 3 is 1.93 bits per heavy atom. The third kappa shape index (κ3) is 9.10. The largest absolute Gasteiger partial charge is 0.400 e. The lowest BCUT2D eigenvalue weighted by Crippen LogP contribution is -2.37. The predicted octanol–water partition coefficient (Wildman–Crippen LogP) is 6.76. The molecule has 0 fully saturated rings. The van der Waals surface area contributed by atoms with Crippen LogP contribution in [0.3, 0.4) is 0 Å². The lowest BCUT2D eigenvalue weighted by atomic mass is 9.86. The van der Waals surface area contributed by atoms with E-state index in [0.29, 0.717) is 23.1 Å². The van der Waals surface area contributed by atoms with E-state index < -0.39 is 6.04 Å². The highest BCUT2D eigenvalue weighted by molar-refractivity contribution is 7.99. The first-order valence-electron chi connectivity index (χ1n) is 13.6. The van der Waals surface area contributed by atoms with Crippen LogP contribution in [0.1, 0.15) is 56.1 Å². The third-order valence-electron chi connectivity index (χ3n) is 6.37. The number of aliphatic hydroxyl groups excluding tert-OH is 1. The number of aldehydes is 1.